The number of fused-ring (bicyclic) bond motifs is 1. The standard InChI is InChI=1S/C32H46N4O2/c1-5-30(26-10-8-7-9-11-26)31(37)34-28-14-12-25-13-15-29(21-27(25)20-28)35(6-2)22-24-16-18-36(19-17-24)32(38)33-23(3)4/h7-12,14,20,23-24,29-30H,5-6,13,15-19,21-22H2,1-4H3,(H,33,38)(H,34,37). The van der Waals surface area contributed by atoms with Crippen molar-refractivity contribution < 1.29 is 9.59 Å². The number of carbonyl (C=O) groups is 2. The predicted molar refractivity (Wildman–Crippen MR) is 156 cm³/mol. The van der Waals surface area contributed by atoms with Crippen LogP contribution in [0.3, 0.4) is 0 Å². The first kappa shape index (κ1) is 28.2. The molecule has 6 heteroatoms. The van der Waals surface area contributed by atoms with E-state index in [2.05, 4.69) is 47.6 Å². The minimum absolute atomic E-state index is 0.0645. The van der Waals surface area contributed by atoms with Crippen LogP contribution in [0, 0.1) is 5.92 Å². The van der Waals surface area contributed by atoms with Gasteiger partial charge in [0.25, 0.3) is 0 Å². The lowest BCUT2D eigenvalue weighted by atomic mass is 9.86. The van der Waals surface area contributed by atoms with E-state index in [1.807, 2.05) is 49.1 Å². The zero-order chi connectivity index (χ0) is 27.1. The molecule has 2 N–H and O–H groups in total. The number of amides is 3. The van der Waals surface area contributed by atoms with Crippen LogP contribution in [0.15, 0.2) is 48.5 Å². The highest BCUT2D eigenvalue weighted by Gasteiger charge is 2.29. The van der Waals surface area contributed by atoms with Gasteiger partial charge in [-0.05, 0) is 93.7 Å². The Kier molecular flexibility index (Phi) is 9.84. The summed E-state index contributed by atoms with van der Waals surface area (Å²) in [7, 11) is 0. The van der Waals surface area contributed by atoms with Gasteiger partial charge in [0.05, 0.1) is 5.92 Å². The van der Waals surface area contributed by atoms with Gasteiger partial charge in [-0.25, -0.2) is 4.79 Å². The average molecular weight is 519 g/mol. The largest absolute Gasteiger partial charge is 0.336 e. The van der Waals surface area contributed by atoms with E-state index in [0.29, 0.717) is 12.0 Å². The first-order chi connectivity index (χ1) is 18.4. The van der Waals surface area contributed by atoms with Gasteiger partial charge in [-0.15, -0.1) is 0 Å². The van der Waals surface area contributed by atoms with E-state index in [1.54, 1.807) is 0 Å². The Bertz CT molecular complexity index is 1060. The maximum atomic E-state index is 13.1. The number of rotatable bonds is 9. The van der Waals surface area contributed by atoms with Crippen LogP contribution in [0.1, 0.15) is 76.0 Å². The molecule has 4 rings (SSSR count). The van der Waals surface area contributed by atoms with E-state index in [9.17, 15) is 9.59 Å². The minimum Gasteiger partial charge on any atom is -0.336 e. The van der Waals surface area contributed by atoms with E-state index in [0.717, 1.165) is 69.5 Å². The summed E-state index contributed by atoms with van der Waals surface area (Å²) in [4.78, 5) is 30.1. The Hall–Kier alpha value is -2.86. The molecular weight excluding hydrogens is 472 g/mol. The summed E-state index contributed by atoms with van der Waals surface area (Å²) in [6.07, 6.45) is 6.20. The average Bonchev–Trinajstić information content (AvgIpc) is 2.92. The van der Waals surface area contributed by atoms with Gasteiger partial charge in [0, 0.05) is 37.4 Å². The van der Waals surface area contributed by atoms with Gasteiger partial charge in [-0.1, -0.05) is 50.2 Å². The number of carbonyl (C=O) groups excluding carboxylic acids is 2. The first-order valence-electron chi connectivity index (χ1n) is 14.6. The first-order valence-corrected chi connectivity index (χ1v) is 14.6. The van der Waals surface area contributed by atoms with E-state index in [4.69, 9.17) is 0 Å². The van der Waals surface area contributed by atoms with Crippen LogP contribution in [0.4, 0.5) is 10.5 Å². The molecule has 6 nitrogen and oxygen atoms in total. The van der Waals surface area contributed by atoms with Gasteiger partial charge >= 0.3 is 6.03 Å². The number of aryl methyl sites for hydroxylation is 1. The van der Waals surface area contributed by atoms with E-state index in [-0.39, 0.29) is 23.9 Å². The van der Waals surface area contributed by atoms with E-state index in [1.165, 1.54) is 17.5 Å². The number of benzene rings is 2. The number of hydrogen-bond acceptors (Lipinski definition) is 3. The van der Waals surface area contributed by atoms with Crippen molar-refractivity contribution >= 4 is 17.6 Å². The lowest BCUT2D eigenvalue weighted by Gasteiger charge is -2.39. The molecule has 2 aromatic rings. The Labute approximate surface area is 229 Å². The van der Waals surface area contributed by atoms with Crippen LogP contribution < -0.4 is 10.6 Å². The quantitative estimate of drug-likeness (QED) is 0.439. The zero-order valence-corrected chi connectivity index (χ0v) is 23.7. The van der Waals surface area contributed by atoms with Crippen LogP contribution in [-0.4, -0.2) is 60.0 Å². The Balaban J connectivity index is 1.34. The van der Waals surface area contributed by atoms with Crippen molar-refractivity contribution in [1.82, 2.24) is 15.1 Å². The molecule has 0 saturated carbocycles. The molecule has 0 radical (unpaired) electrons. The van der Waals surface area contributed by atoms with Crippen molar-refractivity contribution in [2.75, 3.05) is 31.5 Å². The van der Waals surface area contributed by atoms with Gasteiger partial charge in [0.2, 0.25) is 5.91 Å². The van der Waals surface area contributed by atoms with Gasteiger partial charge in [-0.3, -0.25) is 4.79 Å². The van der Waals surface area contributed by atoms with Crippen molar-refractivity contribution in [2.45, 2.75) is 84.2 Å². The Morgan fingerprint density at radius 1 is 1.00 bits per heavy atom. The molecular formula is C32H46N4O2. The molecule has 2 atom stereocenters. The molecule has 0 spiro atoms. The highest BCUT2D eigenvalue weighted by molar-refractivity contribution is 5.96. The summed E-state index contributed by atoms with van der Waals surface area (Å²) < 4.78 is 0. The molecule has 1 aliphatic heterocycles. The minimum atomic E-state index is -0.140. The van der Waals surface area contributed by atoms with Gasteiger partial charge < -0.3 is 20.4 Å². The molecule has 2 aromatic carbocycles. The Morgan fingerprint density at radius 2 is 1.74 bits per heavy atom. The van der Waals surface area contributed by atoms with Crippen LogP contribution in [0.2, 0.25) is 0 Å². The summed E-state index contributed by atoms with van der Waals surface area (Å²) in [5.41, 5.74) is 4.75. The maximum Gasteiger partial charge on any atom is 0.317 e. The summed E-state index contributed by atoms with van der Waals surface area (Å²) in [5.74, 6) is 0.557. The Morgan fingerprint density at radius 3 is 2.39 bits per heavy atom. The second kappa shape index (κ2) is 13.3. The third kappa shape index (κ3) is 7.16. The number of urea groups is 1. The fourth-order valence-electron chi connectivity index (χ4n) is 6.14. The van der Waals surface area contributed by atoms with Crippen molar-refractivity contribution in [1.29, 1.82) is 0 Å². The number of nitrogens with one attached hydrogen (secondary N) is 2. The summed E-state index contributed by atoms with van der Waals surface area (Å²) in [5, 5.41) is 6.22. The number of anilines is 1. The van der Waals surface area contributed by atoms with Crippen molar-refractivity contribution in [3.05, 3.63) is 65.2 Å². The van der Waals surface area contributed by atoms with Gasteiger partial charge in [-0.2, -0.15) is 0 Å². The van der Waals surface area contributed by atoms with Crippen molar-refractivity contribution in [3.63, 3.8) is 0 Å². The number of hydrogen-bond donors (Lipinski definition) is 2. The summed E-state index contributed by atoms with van der Waals surface area (Å²) in [6.45, 7) is 12.2. The molecule has 3 amide bonds. The van der Waals surface area contributed by atoms with Crippen LogP contribution in [0.5, 0.6) is 0 Å². The second-order valence-corrected chi connectivity index (χ2v) is 11.4. The monoisotopic (exact) mass is 518 g/mol. The van der Waals surface area contributed by atoms with Crippen LogP contribution in [0.25, 0.3) is 0 Å². The maximum absolute atomic E-state index is 13.1. The molecule has 2 unspecified atom stereocenters. The zero-order valence-electron chi connectivity index (χ0n) is 23.7. The lowest BCUT2D eigenvalue weighted by molar-refractivity contribution is -0.117. The molecule has 1 fully saturated rings. The highest BCUT2D eigenvalue weighted by Crippen LogP contribution is 2.30. The molecule has 206 valence electrons. The van der Waals surface area contributed by atoms with E-state index < -0.39 is 0 Å². The molecule has 0 bridgehead atoms. The predicted octanol–water partition coefficient (Wildman–Crippen LogP) is 5.83. The smallest absolute Gasteiger partial charge is 0.317 e. The van der Waals surface area contributed by atoms with Crippen molar-refractivity contribution in [2.24, 2.45) is 5.92 Å². The fraction of sp³-hybridized carbons (Fsp3) is 0.562. The molecule has 0 aromatic heterocycles. The molecule has 1 aliphatic carbocycles. The third-order valence-corrected chi connectivity index (χ3v) is 8.33. The fourth-order valence-corrected chi connectivity index (χ4v) is 6.14. The second-order valence-electron chi connectivity index (χ2n) is 11.4. The third-order valence-electron chi connectivity index (χ3n) is 8.33. The molecule has 2 aliphatic rings. The summed E-state index contributed by atoms with van der Waals surface area (Å²) in [6, 6.07) is 17.3. The van der Waals surface area contributed by atoms with E-state index >= 15 is 0 Å². The number of likely N-dealkylation sites (N-methyl/N-ethyl adjacent to an activating group) is 1. The molecule has 1 heterocycles. The molecule has 38 heavy (non-hydrogen) atoms. The van der Waals surface area contributed by atoms with Crippen LogP contribution in [-0.2, 0) is 17.6 Å². The summed E-state index contributed by atoms with van der Waals surface area (Å²) >= 11 is 0. The van der Waals surface area contributed by atoms with Crippen molar-refractivity contribution in [3.8, 4) is 0 Å². The number of likely N-dealkylation sites (tertiary alicyclic amines) is 1. The SMILES string of the molecule is CCC(C(=O)Nc1ccc2c(c1)CC(N(CC)CC1CCN(C(=O)NC(C)C)CC1)CC2)c1ccccc1. The number of piperidine rings is 1. The van der Waals surface area contributed by atoms with Gasteiger partial charge in [0.15, 0.2) is 0 Å². The number of nitrogens with zero attached hydrogens (tertiary/aromatic N) is 2. The lowest BCUT2D eigenvalue weighted by Crippen LogP contribution is -2.48. The normalized spacial score (nSPS) is 18.8. The topological polar surface area (TPSA) is 64.7 Å². The van der Waals surface area contributed by atoms with Crippen LogP contribution >= 0.6 is 0 Å². The molecule has 1 saturated heterocycles. The highest BCUT2D eigenvalue weighted by atomic mass is 16.2. The van der Waals surface area contributed by atoms with Gasteiger partial charge in [0.1, 0.15) is 0 Å².